The lowest BCUT2D eigenvalue weighted by molar-refractivity contribution is -0.385. The minimum atomic E-state index is -3.35. The topological polar surface area (TPSA) is 195 Å². The molecular weight excluding hydrogens is 512 g/mol. The Morgan fingerprint density at radius 2 is 1.46 bits per heavy atom. The molecule has 0 amide bonds. The first-order valence-corrected chi connectivity index (χ1v) is 10.2. The molecule has 0 aromatic heterocycles. The number of ether oxygens (including phenoxy) is 5. The van der Waals surface area contributed by atoms with Gasteiger partial charge < -0.3 is 28.8 Å². The van der Waals surface area contributed by atoms with Crippen LogP contribution in [0.15, 0.2) is 18.2 Å². The maximum Gasteiger partial charge on any atom is 0.356 e. The third-order valence-corrected chi connectivity index (χ3v) is 4.24. The number of carbonyl (C=O) groups excluding carboxylic acids is 5. The maximum absolute atomic E-state index is 13.5. The summed E-state index contributed by atoms with van der Waals surface area (Å²) >= 11 is 0. The number of nitro groups is 1. The predicted octanol–water partition coefficient (Wildman–Crippen LogP) is 1.16. The van der Waals surface area contributed by atoms with Gasteiger partial charge in [-0.05, 0) is 6.07 Å². The van der Waals surface area contributed by atoms with Crippen molar-refractivity contribution in [2.45, 2.75) is 58.5 Å². The van der Waals surface area contributed by atoms with Gasteiger partial charge in [0.05, 0.1) is 10.5 Å². The van der Waals surface area contributed by atoms with Gasteiger partial charge in [-0.15, -0.1) is 0 Å². The Hall–Kier alpha value is -4.21. The molecule has 0 unspecified atom stereocenters. The van der Waals surface area contributed by atoms with E-state index in [1.165, 1.54) is 0 Å². The molecule has 0 aliphatic rings. The number of benzene rings is 1. The number of esters is 5. The fourth-order valence-electron chi connectivity index (χ4n) is 2.85. The molecule has 0 fully saturated rings. The quantitative estimate of drug-likeness (QED) is 0.132. The lowest BCUT2D eigenvalue weighted by atomic mass is 10.0. The monoisotopic (exact) mass is 535 g/mol. The Labute approximate surface area is 207 Å². The van der Waals surface area contributed by atoms with Crippen LogP contribution in [0.4, 0.5) is 14.5 Å². The Morgan fingerprint density at radius 1 is 0.919 bits per heavy atom. The average Bonchev–Trinajstić information content (AvgIpc) is 2.77. The number of aliphatic hydroxyl groups is 1. The predicted molar refractivity (Wildman–Crippen MR) is 113 cm³/mol. The number of nitrogens with zero attached hydrogens (tertiary/aromatic N) is 1. The van der Waals surface area contributed by atoms with E-state index in [0.29, 0.717) is 12.1 Å². The fraction of sp³-hybridized carbons (Fsp3) is 0.476. The molecule has 1 rings (SSSR count). The van der Waals surface area contributed by atoms with E-state index in [4.69, 9.17) is 18.9 Å². The number of rotatable bonds is 12. The van der Waals surface area contributed by atoms with E-state index in [2.05, 4.69) is 4.74 Å². The number of carbonyl (C=O) groups is 5. The van der Waals surface area contributed by atoms with Crippen LogP contribution in [-0.4, -0.2) is 70.9 Å². The summed E-state index contributed by atoms with van der Waals surface area (Å²) in [4.78, 5) is 69.2. The second-order valence-corrected chi connectivity index (χ2v) is 7.25. The third kappa shape index (κ3) is 9.75. The van der Waals surface area contributed by atoms with Gasteiger partial charge >= 0.3 is 29.8 Å². The highest BCUT2D eigenvalue weighted by atomic mass is 19.3. The Balaban J connectivity index is 3.53. The van der Waals surface area contributed by atoms with Crippen molar-refractivity contribution < 1.29 is 66.5 Å². The SMILES string of the molecule is CC(=O)OC[C@@H](O)[C@H](OC(C)=O)[C@H](OC(C)=O)[C@@H](OC(C)=O)C(=O)Oc1ccc([N+](=O)[O-])cc1C(F)F. The summed E-state index contributed by atoms with van der Waals surface area (Å²) in [6, 6.07) is 1.88. The van der Waals surface area contributed by atoms with Gasteiger partial charge in [0.25, 0.3) is 12.1 Å². The number of nitro benzene ring substituents is 1. The smallest absolute Gasteiger partial charge is 0.356 e. The van der Waals surface area contributed by atoms with Crippen molar-refractivity contribution in [1.29, 1.82) is 0 Å². The molecule has 1 aromatic rings. The molecule has 37 heavy (non-hydrogen) atoms. The second kappa shape index (κ2) is 13.8. The Kier molecular flexibility index (Phi) is 11.5. The minimum Gasteiger partial charge on any atom is -0.463 e. The Bertz CT molecular complexity index is 1050. The third-order valence-electron chi connectivity index (χ3n) is 4.24. The van der Waals surface area contributed by atoms with Crippen LogP contribution in [0.3, 0.4) is 0 Å². The highest BCUT2D eigenvalue weighted by Crippen LogP contribution is 2.33. The zero-order chi connectivity index (χ0) is 28.4. The van der Waals surface area contributed by atoms with E-state index in [-0.39, 0.29) is 0 Å². The first-order valence-electron chi connectivity index (χ1n) is 10.2. The van der Waals surface area contributed by atoms with E-state index in [1.807, 2.05) is 0 Å². The van der Waals surface area contributed by atoms with Crippen LogP contribution in [0, 0.1) is 10.1 Å². The molecule has 14 nitrogen and oxygen atoms in total. The summed E-state index contributed by atoms with van der Waals surface area (Å²) in [5.41, 5.74) is -1.81. The summed E-state index contributed by atoms with van der Waals surface area (Å²) in [6.45, 7) is 2.70. The van der Waals surface area contributed by atoms with Crippen LogP contribution in [0.25, 0.3) is 0 Å². The van der Waals surface area contributed by atoms with E-state index in [9.17, 15) is 48.0 Å². The lowest BCUT2D eigenvalue weighted by Gasteiger charge is -2.33. The van der Waals surface area contributed by atoms with Gasteiger partial charge in [0.15, 0.2) is 12.2 Å². The minimum absolute atomic E-state index is 0.447. The number of aliphatic hydroxyl groups excluding tert-OH is 1. The number of alkyl halides is 2. The highest BCUT2D eigenvalue weighted by Gasteiger charge is 2.46. The maximum atomic E-state index is 13.5. The van der Waals surface area contributed by atoms with Crippen LogP contribution >= 0.6 is 0 Å². The zero-order valence-corrected chi connectivity index (χ0v) is 19.9. The van der Waals surface area contributed by atoms with Crippen LogP contribution in [0.1, 0.15) is 39.7 Å². The molecule has 0 aliphatic heterocycles. The molecule has 1 N–H and O–H groups in total. The zero-order valence-electron chi connectivity index (χ0n) is 19.9. The van der Waals surface area contributed by atoms with Gasteiger partial charge in [0, 0.05) is 39.8 Å². The van der Waals surface area contributed by atoms with Gasteiger partial charge in [-0.1, -0.05) is 0 Å². The normalized spacial score (nSPS) is 13.9. The van der Waals surface area contributed by atoms with Crippen molar-refractivity contribution in [1.82, 2.24) is 0 Å². The van der Waals surface area contributed by atoms with Crippen LogP contribution in [0.2, 0.25) is 0 Å². The number of halogens is 2. The van der Waals surface area contributed by atoms with E-state index in [0.717, 1.165) is 33.8 Å². The Morgan fingerprint density at radius 3 is 1.92 bits per heavy atom. The average molecular weight is 535 g/mol. The van der Waals surface area contributed by atoms with Gasteiger partial charge in [-0.25, -0.2) is 13.6 Å². The molecule has 16 heteroatoms. The van der Waals surface area contributed by atoms with Crippen molar-refractivity contribution in [3.63, 3.8) is 0 Å². The summed E-state index contributed by atoms with van der Waals surface area (Å²) in [6.07, 6.45) is -11.7. The molecule has 204 valence electrons. The van der Waals surface area contributed by atoms with Crippen LogP contribution in [-0.2, 0) is 42.9 Å². The summed E-state index contributed by atoms with van der Waals surface area (Å²) in [5, 5.41) is 21.3. The van der Waals surface area contributed by atoms with E-state index >= 15 is 0 Å². The number of hydrogen-bond donors (Lipinski definition) is 1. The van der Waals surface area contributed by atoms with Crippen molar-refractivity contribution in [2.24, 2.45) is 0 Å². The molecule has 4 atom stereocenters. The van der Waals surface area contributed by atoms with Gasteiger partial charge in [0.2, 0.25) is 6.10 Å². The van der Waals surface area contributed by atoms with Crippen LogP contribution in [0.5, 0.6) is 5.75 Å². The first kappa shape index (κ1) is 30.8. The van der Waals surface area contributed by atoms with Crippen molar-refractivity contribution in [3.8, 4) is 5.75 Å². The molecule has 0 saturated carbocycles. The first-order chi connectivity index (χ1) is 17.1. The van der Waals surface area contributed by atoms with Crippen molar-refractivity contribution >= 4 is 35.5 Å². The van der Waals surface area contributed by atoms with E-state index in [1.54, 1.807) is 0 Å². The van der Waals surface area contributed by atoms with Crippen molar-refractivity contribution in [3.05, 3.63) is 33.9 Å². The molecular formula is C21H23F2NO13. The molecule has 0 radical (unpaired) electrons. The number of hydrogen-bond acceptors (Lipinski definition) is 13. The largest absolute Gasteiger partial charge is 0.463 e. The molecule has 0 heterocycles. The van der Waals surface area contributed by atoms with Crippen LogP contribution < -0.4 is 4.74 Å². The molecule has 0 aliphatic carbocycles. The molecule has 0 bridgehead atoms. The summed E-state index contributed by atoms with van der Waals surface area (Å²) < 4.78 is 51.2. The summed E-state index contributed by atoms with van der Waals surface area (Å²) in [7, 11) is 0. The van der Waals surface area contributed by atoms with Gasteiger partial charge in [-0.2, -0.15) is 0 Å². The second-order valence-electron chi connectivity index (χ2n) is 7.25. The molecule has 1 aromatic carbocycles. The number of non-ortho nitro benzene ring substituents is 1. The fourth-order valence-corrected chi connectivity index (χ4v) is 2.85. The lowest BCUT2D eigenvalue weighted by Crippen LogP contribution is -2.55. The molecule has 0 saturated heterocycles. The standard InChI is InChI=1S/C21H23F2NO13/c1-9(25)33-8-15(29)17(34-10(2)26)18(35-11(3)27)19(36-12(4)28)21(30)37-16-6-5-13(24(31)32)7-14(16)20(22)23/h5-7,15,17-20,29H,8H2,1-4H3/t15-,17+,18+,19-/m1/s1. The highest BCUT2D eigenvalue weighted by molar-refractivity contribution is 5.82. The summed E-state index contributed by atoms with van der Waals surface area (Å²) in [5.74, 6) is -6.75. The van der Waals surface area contributed by atoms with E-state index < -0.39 is 89.2 Å². The molecule has 0 spiro atoms. The van der Waals surface area contributed by atoms with Crippen molar-refractivity contribution in [2.75, 3.05) is 6.61 Å². The van der Waals surface area contributed by atoms with Gasteiger partial charge in [-0.3, -0.25) is 29.3 Å². The van der Waals surface area contributed by atoms with Gasteiger partial charge in [0.1, 0.15) is 18.5 Å².